The van der Waals surface area contributed by atoms with Crippen LogP contribution in [0.2, 0.25) is 0 Å². The average Bonchev–Trinajstić information content (AvgIpc) is 3.19. The van der Waals surface area contributed by atoms with Crippen molar-refractivity contribution < 1.29 is 9.59 Å². The van der Waals surface area contributed by atoms with Crippen molar-refractivity contribution in [3.8, 4) is 0 Å². The van der Waals surface area contributed by atoms with E-state index in [2.05, 4.69) is 0 Å². The Bertz CT molecular complexity index is 866. The number of carbonyl (C=O) groups is 2. The molecule has 0 radical (unpaired) electrons. The summed E-state index contributed by atoms with van der Waals surface area (Å²) >= 11 is 0. The van der Waals surface area contributed by atoms with Crippen molar-refractivity contribution in [3.63, 3.8) is 0 Å². The lowest BCUT2D eigenvalue weighted by Gasteiger charge is -2.36. The molecule has 2 N–H and O–H groups in total. The van der Waals surface area contributed by atoms with Gasteiger partial charge in [0, 0.05) is 27.2 Å². The highest BCUT2D eigenvalue weighted by atomic mass is 16.2. The molecule has 9 heteroatoms. The molecule has 1 amide bonds. The van der Waals surface area contributed by atoms with E-state index in [0.29, 0.717) is 13.0 Å². The van der Waals surface area contributed by atoms with Crippen molar-refractivity contribution in [2.24, 2.45) is 14.1 Å². The summed E-state index contributed by atoms with van der Waals surface area (Å²) in [5.74, 6) is -0.515. The minimum atomic E-state index is -0.694. The lowest BCUT2D eigenvalue weighted by Crippen LogP contribution is -2.52. The molecule has 2 aliphatic rings. The molecule has 2 aliphatic heterocycles. The zero-order chi connectivity index (χ0) is 19.7. The van der Waals surface area contributed by atoms with Gasteiger partial charge >= 0.3 is 5.69 Å². The Morgan fingerprint density at radius 1 is 1.00 bits per heavy atom. The predicted octanol–water partition coefficient (Wildman–Crippen LogP) is -0.674. The highest BCUT2D eigenvalue weighted by Gasteiger charge is 2.34. The van der Waals surface area contributed by atoms with Crippen LogP contribution in [-0.4, -0.2) is 62.8 Å². The summed E-state index contributed by atoms with van der Waals surface area (Å²) in [7, 11) is 2.75. The van der Waals surface area contributed by atoms with Crippen molar-refractivity contribution in [2.75, 3.05) is 31.9 Å². The quantitative estimate of drug-likeness (QED) is 0.697. The molecule has 2 fully saturated rings. The molecule has 9 nitrogen and oxygen atoms in total. The number of piperidine rings is 1. The second kappa shape index (κ2) is 7.67. The molecule has 3 heterocycles. The van der Waals surface area contributed by atoms with Crippen LogP contribution in [0.3, 0.4) is 0 Å². The van der Waals surface area contributed by atoms with E-state index in [4.69, 9.17) is 5.73 Å². The smallest absolute Gasteiger partial charge is 0.332 e. The minimum Gasteiger partial charge on any atom is -0.384 e. The van der Waals surface area contributed by atoms with Crippen molar-refractivity contribution in [1.82, 2.24) is 18.9 Å². The average molecular weight is 377 g/mol. The topological polar surface area (TPSA) is 111 Å². The van der Waals surface area contributed by atoms with Gasteiger partial charge < -0.3 is 10.6 Å². The van der Waals surface area contributed by atoms with Gasteiger partial charge in [0.1, 0.15) is 11.4 Å². The minimum absolute atomic E-state index is 0.0537. The molecule has 0 aliphatic carbocycles. The normalized spacial score (nSPS) is 20.8. The Morgan fingerprint density at radius 3 is 2.30 bits per heavy atom. The largest absolute Gasteiger partial charge is 0.384 e. The molecule has 1 aromatic rings. The molecule has 0 spiro atoms. The van der Waals surface area contributed by atoms with Gasteiger partial charge in [0.2, 0.25) is 5.91 Å². The van der Waals surface area contributed by atoms with Gasteiger partial charge in [-0.3, -0.25) is 28.4 Å². The van der Waals surface area contributed by atoms with E-state index < -0.39 is 17.0 Å². The Balaban J connectivity index is 1.85. The van der Waals surface area contributed by atoms with Crippen molar-refractivity contribution in [2.45, 2.75) is 38.1 Å². The van der Waals surface area contributed by atoms with Crippen LogP contribution in [0.1, 0.15) is 42.5 Å². The molecular formula is C18H27N5O4. The van der Waals surface area contributed by atoms with E-state index in [-0.39, 0.29) is 29.9 Å². The van der Waals surface area contributed by atoms with Gasteiger partial charge in [0.15, 0.2) is 5.78 Å². The van der Waals surface area contributed by atoms with Crippen LogP contribution in [0.4, 0.5) is 5.82 Å². The molecule has 148 valence electrons. The summed E-state index contributed by atoms with van der Waals surface area (Å²) in [6.07, 6.45) is 4.59. The number of nitrogens with two attached hydrogens (primary N) is 1. The lowest BCUT2D eigenvalue weighted by molar-refractivity contribution is -0.136. The third kappa shape index (κ3) is 3.55. The van der Waals surface area contributed by atoms with Crippen LogP contribution in [0.15, 0.2) is 9.59 Å². The Labute approximate surface area is 157 Å². The van der Waals surface area contributed by atoms with Gasteiger partial charge in [-0.15, -0.1) is 0 Å². The fourth-order valence-corrected chi connectivity index (χ4v) is 3.99. The van der Waals surface area contributed by atoms with Crippen LogP contribution in [0.25, 0.3) is 0 Å². The van der Waals surface area contributed by atoms with Crippen LogP contribution in [0, 0.1) is 0 Å². The molecule has 0 bridgehead atoms. The number of ketones is 1. The molecule has 0 saturated carbocycles. The van der Waals surface area contributed by atoms with Crippen molar-refractivity contribution in [3.05, 3.63) is 26.4 Å². The fourth-order valence-electron chi connectivity index (χ4n) is 3.99. The maximum absolute atomic E-state index is 12.9. The maximum atomic E-state index is 12.9. The van der Waals surface area contributed by atoms with E-state index >= 15 is 0 Å². The zero-order valence-electron chi connectivity index (χ0n) is 15.9. The summed E-state index contributed by atoms with van der Waals surface area (Å²) in [6, 6.07) is -0.335. The first kappa shape index (κ1) is 19.3. The number of anilines is 1. The number of nitrogens with zero attached hydrogens (tertiary/aromatic N) is 4. The molecule has 3 rings (SSSR count). The first-order valence-electron chi connectivity index (χ1n) is 9.44. The number of likely N-dealkylation sites (tertiary alicyclic amines) is 2. The highest BCUT2D eigenvalue weighted by Crippen LogP contribution is 2.21. The summed E-state index contributed by atoms with van der Waals surface area (Å²) in [6.45, 7) is 2.11. The van der Waals surface area contributed by atoms with E-state index in [1.54, 1.807) is 0 Å². The molecule has 0 aromatic carbocycles. The number of hydrogen-bond donors (Lipinski definition) is 1. The molecular weight excluding hydrogens is 350 g/mol. The summed E-state index contributed by atoms with van der Waals surface area (Å²) in [5, 5.41) is 0. The lowest BCUT2D eigenvalue weighted by atomic mass is 9.99. The van der Waals surface area contributed by atoms with Crippen LogP contribution >= 0.6 is 0 Å². The number of amides is 1. The molecule has 27 heavy (non-hydrogen) atoms. The standard InChI is InChI=1S/C18H27N5O4/c1-20-15(19)14(17(26)21(2)18(20)27)13(24)11-23-10-4-3-7-12(23)16(25)22-8-5-6-9-22/h12H,3-11,19H2,1-2H3. The van der Waals surface area contributed by atoms with E-state index in [9.17, 15) is 19.2 Å². The summed E-state index contributed by atoms with van der Waals surface area (Å²) in [4.78, 5) is 53.8. The molecule has 1 unspecified atom stereocenters. The third-order valence-corrected chi connectivity index (χ3v) is 5.65. The molecule has 1 aromatic heterocycles. The van der Waals surface area contributed by atoms with Crippen molar-refractivity contribution in [1.29, 1.82) is 0 Å². The van der Waals surface area contributed by atoms with Gasteiger partial charge in [0.05, 0.1) is 12.6 Å². The van der Waals surface area contributed by atoms with Gasteiger partial charge in [0.25, 0.3) is 5.56 Å². The van der Waals surface area contributed by atoms with Crippen LogP contribution in [0.5, 0.6) is 0 Å². The van der Waals surface area contributed by atoms with E-state index in [1.807, 2.05) is 9.80 Å². The zero-order valence-corrected chi connectivity index (χ0v) is 15.9. The molecule has 2 saturated heterocycles. The second-order valence-electron chi connectivity index (χ2n) is 7.40. The predicted molar refractivity (Wildman–Crippen MR) is 101 cm³/mol. The van der Waals surface area contributed by atoms with Gasteiger partial charge in [-0.25, -0.2) is 4.79 Å². The highest BCUT2D eigenvalue weighted by molar-refractivity contribution is 6.01. The molecule has 1 atom stereocenters. The first-order valence-corrected chi connectivity index (χ1v) is 9.44. The Morgan fingerprint density at radius 2 is 1.63 bits per heavy atom. The van der Waals surface area contributed by atoms with Gasteiger partial charge in [-0.05, 0) is 32.2 Å². The van der Waals surface area contributed by atoms with E-state index in [0.717, 1.165) is 47.9 Å². The number of aromatic nitrogens is 2. The number of Topliss-reactive ketones (excluding diaryl/α,β-unsaturated/α-hetero) is 1. The first-order chi connectivity index (χ1) is 12.8. The Kier molecular flexibility index (Phi) is 5.50. The number of nitrogen functional groups attached to an aromatic ring is 1. The number of carbonyl (C=O) groups excluding carboxylic acids is 2. The number of rotatable bonds is 4. The number of hydrogen-bond acceptors (Lipinski definition) is 6. The van der Waals surface area contributed by atoms with Crippen molar-refractivity contribution >= 4 is 17.5 Å². The fraction of sp³-hybridized carbons (Fsp3) is 0.667. The van der Waals surface area contributed by atoms with E-state index in [1.165, 1.54) is 14.1 Å². The monoisotopic (exact) mass is 377 g/mol. The SMILES string of the molecule is Cn1c(N)c(C(=O)CN2CCCCC2C(=O)N2CCCC2)c(=O)n(C)c1=O. The van der Waals surface area contributed by atoms with Crippen LogP contribution in [-0.2, 0) is 18.9 Å². The maximum Gasteiger partial charge on any atom is 0.332 e. The van der Waals surface area contributed by atoms with Gasteiger partial charge in [-0.2, -0.15) is 0 Å². The van der Waals surface area contributed by atoms with Gasteiger partial charge in [-0.1, -0.05) is 6.42 Å². The summed E-state index contributed by atoms with van der Waals surface area (Å²) < 4.78 is 1.98. The second-order valence-corrected chi connectivity index (χ2v) is 7.40. The Hall–Kier alpha value is -2.42. The summed E-state index contributed by atoms with van der Waals surface area (Å²) in [5.41, 5.74) is 4.44. The van der Waals surface area contributed by atoms with Crippen LogP contribution < -0.4 is 17.0 Å². The third-order valence-electron chi connectivity index (χ3n) is 5.65.